The van der Waals surface area contributed by atoms with Gasteiger partial charge in [-0.05, 0) is 26.2 Å². The van der Waals surface area contributed by atoms with Gasteiger partial charge in [0.1, 0.15) is 4.90 Å². The Hall–Kier alpha value is -1.12. The van der Waals surface area contributed by atoms with Crippen molar-refractivity contribution in [1.82, 2.24) is 14.1 Å². The molecule has 1 atom stereocenters. The van der Waals surface area contributed by atoms with E-state index in [2.05, 4.69) is 5.10 Å². The van der Waals surface area contributed by atoms with Crippen molar-refractivity contribution in [1.29, 1.82) is 0 Å². The third kappa shape index (κ3) is 2.82. The van der Waals surface area contributed by atoms with E-state index in [9.17, 15) is 8.42 Å². The summed E-state index contributed by atoms with van der Waals surface area (Å²) in [5.41, 5.74) is 6.27. The van der Waals surface area contributed by atoms with Crippen LogP contribution in [0.15, 0.2) is 4.90 Å². The number of hydrogen-bond donors (Lipinski definition) is 1. The van der Waals surface area contributed by atoms with Crippen molar-refractivity contribution < 1.29 is 13.2 Å². The molecule has 0 amide bonds. The lowest BCUT2D eigenvalue weighted by atomic mass is 10.1. The number of likely N-dealkylation sites (N-methyl/N-ethyl adjacent to an activating group) is 1. The Balaban J connectivity index is 2.20. The van der Waals surface area contributed by atoms with Gasteiger partial charge in [0, 0.05) is 27.2 Å². The Labute approximate surface area is 119 Å². The number of aromatic nitrogens is 2. The van der Waals surface area contributed by atoms with Crippen molar-refractivity contribution in [2.24, 2.45) is 7.05 Å². The highest BCUT2D eigenvalue weighted by atomic mass is 32.2. The molecule has 7 nitrogen and oxygen atoms in total. The molecule has 2 N–H and O–H groups in total. The van der Waals surface area contributed by atoms with Crippen LogP contribution in [0.5, 0.6) is 0 Å². The average molecular weight is 302 g/mol. The lowest BCUT2D eigenvalue weighted by Crippen LogP contribution is -2.37. The van der Waals surface area contributed by atoms with E-state index in [1.54, 1.807) is 21.0 Å². The fourth-order valence-corrected chi connectivity index (χ4v) is 3.91. The van der Waals surface area contributed by atoms with Gasteiger partial charge in [0.25, 0.3) is 0 Å². The van der Waals surface area contributed by atoms with E-state index in [0.29, 0.717) is 18.8 Å². The second-order valence-corrected chi connectivity index (χ2v) is 7.18. The average Bonchev–Trinajstić information content (AvgIpc) is 2.64. The van der Waals surface area contributed by atoms with E-state index in [0.717, 1.165) is 19.3 Å². The molecule has 0 aliphatic carbocycles. The summed E-state index contributed by atoms with van der Waals surface area (Å²) in [7, 11) is -0.404. The molecule has 1 aromatic heterocycles. The van der Waals surface area contributed by atoms with Gasteiger partial charge < -0.3 is 10.5 Å². The van der Waals surface area contributed by atoms with E-state index in [-0.39, 0.29) is 16.8 Å². The Kier molecular flexibility index (Phi) is 4.36. The predicted molar refractivity (Wildman–Crippen MR) is 75.8 cm³/mol. The number of nitrogen functional groups attached to an aromatic ring is 1. The fourth-order valence-electron chi connectivity index (χ4n) is 2.43. The molecule has 20 heavy (non-hydrogen) atoms. The van der Waals surface area contributed by atoms with E-state index >= 15 is 0 Å². The molecule has 1 aromatic rings. The minimum atomic E-state index is -3.63. The van der Waals surface area contributed by atoms with Gasteiger partial charge in [0.15, 0.2) is 5.82 Å². The van der Waals surface area contributed by atoms with Gasteiger partial charge in [-0.3, -0.25) is 4.68 Å². The number of nitrogens with zero attached hydrogens (tertiary/aromatic N) is 3. The number of rotatable bonds is 4. The van der Waals surface area contributed by atoms with Gasteiger partial charge in [-0.2, -0.15) is 9.40 Å². The lowest BCUT2D eigenvalue weighted by Gasteiger charge is -2.27. The van der Waals surface area contributed by atoms with Crippen LogP contribution in [0.25, 0.3) is 0 Å². The minimum Gasteiger partial charge on any atom is -0.381 e. The summed E-state index contributed by atoms with van der Waals surface area (Å²) < 4.78 is 33.6. The molecular weight excluding hydrogens is 280 g/mol. The Bertz CT molecular complexity index is 576. The summed E-state index contributed by atoms with van der Waals surface area (Å²) in [5, 5.41) is 3.96. The van der Waals surface area contributed by atoms with Gasteiger partial charge in [-0.25, -0.2) is 8.42 Å². The first-order chi connectivity index (χ1) is 9.34. The molecule has 8 heteroatoms. The molecule has 1 fully saturated rings. The van der Waals surface area contributed by atoms with Crippen molar-refractivity contribution in [3.63, 3.8) is 0 Å². The van der Waals surface area contributed by atoms with Gasteiger partial charge in [0.2, 0.25) is 10.0 Å². The molecule has 114 valence electrons. The third-order valence-corrected chi connectivity index (χ3v) is 5.70. The van der Waals surface area contributed by atoms with E-state index in [4.69, 9.17) is 10.5 Å². The molecular formula is C12H22N4O3S. The normalized spacial score (nSPS) is 20.5. The Morgan fingerprint density at radius 1 is 1.50 bits per heavy atom. The zero-order valence-electron chi connectivity index (χ0n) is 12.2. The smallest absolute Gasteiger partial charge is 0.248 e. The van der Waals surface area contributed by atoms with Gasteiger partial charge >= 0.3 is 0 Å². The monoisotopic (exact) mass is 302 g/mol. The molecule has 2 heterocycles. The lowest BCUT2D eigenvalue weighted by molar-refractivity contribution is 0.00858. The topological polar surface area (TPSA) is 90.4 Å². The molecule has 0 saturated carbocycles. The van der Waals surface area contributed by atoms with Crippen LogP contribution in [-0.2, 0) is 21.8 Å². The molecule has 0 radical (unpaired) electrons. The molecule has 0 spiro atoms. The summed E-state index contributed by atoms with van der Waals surface area (Å²) in [6.45, 7) is 2.74. The number of aryl methyl sites for hydroxylation is 1. The van der Waals surface area contributed by atoms with Crippen molar-refractivity contribution in [2.45, 2.75) is 37.2 Å². The maximum absolute atomic E-state index is 12.6. The van der Waals surface area contributed by atoms with Crippen LogP contribution in [0.4, 0.5) is 5.82 Å². The molecule has 1 saturated heterocycles. The SMILES string of the molecule is Cc1c(S(=O)(=O)N(C)CC2CCCCO2)c(N)nn1C. The molecule has 0 bridgehead atoms. The summed E-state index contributed by atoms with van der Waals surface area (Å²) >= 11 is 0. The number of anilines is 1. The standard InChI is InChI=1S/C12H22N4O3S/c1-9-11(12(13)14-16(9)3)20(17,18)15(2)8-10-6-4-5-7-19-10/h10H,4-8H2,1-3H3,(H2,13,14). The van der Waals surface area contributed by atoms with E-state index in [1.165, 1.54) is 8.99 Å². The number of ether oxygens (including phenoxy) is 1. The maximum Gasteiger partial charge on any atom is 0.248 e. The van der Waals surface area contributed by atoms with Crippen molar-refractivity contribution in [2.75, 3.05) is 25.9 Å². The molecule has 2 rings (SSSR count). The minimum absolute atomic E-state index is 0.0401. The third-order valence-electron chi connectivity index (χ3n) is 3.71. The molecule has 0 aromatic carbocycles. The van der Waals surface area contributed by atoms with Crippen molar-refractivity contribution >= 4 is 15.8 Å². The zero-order chi connectivity index (χ0) is 14.9. The summed E-state index contributed by atoms with van der Waals surface area (Å²) in [5.74, 6) is 0.0430. The first-order valence-electron chi connectivity index (χ1n) is 6.71. The van der Waals surface area contributed by atoms with E-state index in [1.807, 2.05) is 0 Å². The fraction of sp³-hybridized carbons (Fsp3) is 0.750. The van der Waals surface area contributed by atoms with Crippen LogP contribution < -0.4 is 5.73 Å². The second-order valence-electron chi connectivity index (χ2n) is 5.20. The first kappa shape index (κ1) is 15.3. The molecule has 1 unspecified atom stereocenters. The Morgan fingerprint density at radius 3 is 2.70 bits per heavy atom. The highest BCUT2D eigenvalue weighted by Gasteiger charge is 2.30. The van der Waals surface area contributed by atoms with Crippen LogP contribution in [-0.4, -0.2) is 48.8 Å². The van der Waals surface area contributed by atoms with Gasteiger partial charge in [-0.1, -0.05) is 0 Å². The van der Waals surface area contributed by atoms with Crippen LogP contribution >= 0.6 is 0 Å². The highest BCUT2D eigenvalue weighted by Crippen LogP contribution is 2.25. The van der Waals surface area contributed by atoms with Crippen LogP contribution in [0.3, 0.4) is 0 Å². The van der Waals surface area contributed by atoms with E-state index < -0.39 is 10.0 Å². The van der Waals surface area contributed by atoms with Crippen molar-refractivity contribution in [3.8, 4) is 0 Å². The number of hydrogen-bond acceptors (Lipinski definition) is 5. The quantitative estimate of drug-likeness (QED) is 0.874. The van der Waals surface area contributed by atoms with Crippen LogP contribution in [0.1, 0.15) is 25.0 Å². The Morgan fingerprint density at radius 2 is 2.20 bits per heavy atom. The highest BCUT2D eigenvalue weighted by molar-refractivity contribution is 7.89. The largest absolute Gasteiger partial charge is 0.381 e. The summed E-state index contributed by atoms with van der Waals surface area (Å²) in [4.78, 5) is 0.0957. The van der Waals surface area contributed by atoms with Gasteiger partial charge in [0.05, 0.1) is 11.8 Å². The zero-order valence-corrected chi connectivity index (χ0v) is 13.0. The number of sulfonamides is 1. The first-order valence-corrected chi connectivity index (χ1v) is 8.15. The summed E-state index contributed by atoms with van der Waals surface area (Å²) in [6.07, 6.45) is 2.97. The van der Waals surface area contributed by atoms with Crippen molar-refractivity contribution in [3.05, 3.63) is 5.69 Å². The summed E-state index contributed by atoms with van der Waals surface area (Å²) in [6, 6.07) is 0. The number of nitrogens with two attached hydrogens (primary N) is 1. The van der Waals surface area contributed by atoms with Crippen LogP contribution in [0.2, 0.25) is 0 Å². The van der Waals surface area contributed by atoms with Gasteiger partial charge in [-0.15, -0.1) is 0 Å². The predicted octanol–water partition coefficient (Wildman–Crippen LogP) is 0.500. The second kappa shape index (κ2) is 5.71. The molecule has 1 aliphatic rings. The maximum atomic E-state index is 12.6. The molecule has 1 aliphatic heterocycles. The van der Waals surface area contributed by atoms with Crippen LogP contribution in [0, 0.1) is 6.92 Å².